The summed E-state index contributed by atoms with van der Waals surface area (Å²) < 4.78 is 31.5. The lowest BCUT2D eigenvalue weighted by atomic mass is 10.0. The Morgan fingerprint density at radius 2 is 2.02 bits per heavy atom. The highest BCUT2D eigenvalue weighted by Crippen LogP contribution is 2.38. The van der Waals surface area contributed by atoms with Crippen molar-refractivity contribution in [2.75, 3.05) is 36.9 Å². The van der Waals surface area contributed by atoms with Crippen LogP contribution >= 0.6 is 11.6 Å². The van der Waals surface area contributed by atoms with Gasteiger partial charge in [-0.2, -0.15) is 5.26 Å². The molecule has 2 fully saturated rings. The summed E-state index contributed by atoms with van der Waals surface area (Å²) in [6.45, 7) is 2.76. The molecule has 3 aromatic carbocycles. The highest BCUT2D eigenvalue weighted by atomic mass is 35.5. The molecule has 1 atom stereocenters. The molecule has 1 unspecified atom stereocenters. The Labute approximate surface area is 265 Å². The number of benzene rings is 3. The van der Waals surface area contributed by atoms with E-state index in [1.165, 1.54) is 12.3 Å². The molecule has 6 rings (SSSR count). The van der Waals surface area contributed by atoms with Crippen LogP contribution in [0.4, 0.5) is 21.5 Å². The van der Waals surface area contributed by atoms with Gasteiger partial charge < -0.3 is 30.2 Å². The van der Waals surface area contributed by atoms with Crippen molar-refractivity contribution in [2.45, 2.75) is 32.0 Å². The number of hydrogen-bond donors (Lipinski definition) is 3. The van der Waals surface area contributed by atoms with E-state index in [1.54, 1.807) is 54.6 Å². The molecule has 45 heavy (non-hydrogen) atoms. The summed E-state index contributed by atoms with van der Waals surface area (Å²) in [6, 6.07) is 17.2. The Morgan fingerprint density at radius 1 is 1.18 bits per heavy atom. The van der Waals surface area contributed by atoms with Crippen LogP contribution in [0.25, 0.3) is 10.9 Å². The summed E-state index contributed by atoms with van der Waals surface area (Å²) in [5.74, 6) is 0.244. The fourth-order valence-corrected chi connectivity index (χ4v) is 5.51. The van der Waals surface area contributed by atoms with Gasteiger partial charge in [0.15, 0.2) is 0 Å². The Balaban J connectivity index is 1.31. The number of piperidine rings is 1. The quantitative estimate of drug-likeness (QED) is 0.177. The number of ether oxygens (including phenoxy) is 3. The van der Waals surface area contributed by atoms with Gasteiger partial charge in [0.2, 0.25) is 5.91 Å². The van der Waals surface area contributed by atoms with Crippen LogP contribution in [0.3, 0.4) is 0 Å². The zero-order chi connectivity index (χ0) is 31.2. The number of hydrogen-bond acceptors (Lipinski definition) is 8. The van der Waals surface area contributed by atoms with Crippen LogP contribution < -0.4 is 25.4 Å². The zero-order valence-electron chi connectivity index (χ0n) is 24.4. The van der Waals surface area contributed by atoms with Crippen molar-refractivity contribution < 1.29 is 23.4 Å². The van der Waals surface area contributed by atoms with Gasteiger partial charge in [-0.1, -0.05) is 35.4 Å². The first-order valence-corrected chi connectivity index (χ1v) is 15.1. The van der Waals surface area contributed by atoms with E-state index in [2.05, 4.69) is 27.0 Å². The normalized spacial score (nSPS) is 16.2. The van der Waals surface area contributed by atoms with Crippen LogP contribution in [0, 0.1) is 17.1 Å². The SMILES string of the molecule is N#Cc1cnc2cc(OC3CCOC3)c(NC(=O)C=C3CCNCC3)cc2c1Nc1ccc(OCc2ccccc2F)c(Cl)c1. The number of carbonyl (C=O) groups is 1. The monoisotopic (exact) mass is 627 g/mol. The predicted molar refractivity (Wildman–Crippen MR) is 171 cm³/mol. The summed E-state index contributed by atoms with van der Waals surface area (Å²) in [7, 11) is 0. The molecule has 0 radical (unpaired) electrons. The lowest BCUT2D eigenvalue weighted by molar-refractivity contribution is -0.112. The molecule has 230 valence electrons. The third-order valence-corrected chi connectivity index (χ3v) is 7.95. The molecule has 0 spiro atoms. The van der Waals surface area contributed by atoms with Crippen molar-refractivity contribution in [3.8, 4) is 17.6 Å². The average molecular weight is 628 g/mol. The number of rotatable bonds is 9. The predicted octanol–water partition coefficient (Wildman–Crippen LogP) is 6.64. The molecule has 0 aliphatic carbocycles. The maximum absolute atomic E-state index is 14.0. The number of nitrogens with zero attached hydrogens (tertiary/aromatic N) is 2. The Kier molecular flexibility index (Phi) is 9.41. The highest BCUT2D eigenvalue weighted by Gasteiger charge is 2.22. The van der Waals surface area contributed by atoms with Crippen molar-refractivity contribution in [1.29, 1.82) is 5.26 Å². The topological polar surface area (TPSA) is 118 Å². The summed E-state index contributed by atoms with van der Waals surface area (Å²) in [5, 5.41) is 20.5. The van der Waals surface area contributed by atoms with Gasteiger partial charge in [0.1, 0.15) is 36.1 Å². The number of nitrogens with one attached hydrogen (secondary N) is 3. The van der Waals surface area contributed by atoms with Gasteiger partial charge in [0, 0.05) is 41.4 Å². The van der Waals surface area contributed by atoms with Gasteiger partial charge in [0.05, 0.1) is 40.7 Å². The number of carbonyl (C=O) groups excluding carboxylic acids is 1. The molecule has 0 saturated carbocycles. The standard InChI is InChI=1S/C34H31ClFN5O4/c35-27-14-24(5-6-31(27)44-19-22-3-1-2-4-28(22)36)40-34-23(17-37)18-39-29-16-32(45-25-9-12-43-20-25)30(15-26(29)34)41-33(42)13-21-7-10-38-11-8-21/h1-6,13-16,18,25,38H,7-12,19-20H2,(H,39,40)(H,41,42). The van der Waals surface area contributed by atoms with Crippen molar-refractivity contribution in [2.24, 2.45) is 0 Å². The summed E-state index contributed by atoms with van der Waals surface area (Å²) >= 11 is 6.54. The third kappa shape index (κ3) is 7.35. The van der Waals surface area contributed by atoms with Crippen molar-refractivity contribution in [3.63, 3.8) is 0 Å². The Morgan fingerprint density at radius 3 is 2.78 bits per heavy atom. The largest absolute Gasteiger partial charge is 0.487 e. The molecular formula is C34H31ClFN5O4. The fourth-order valence-electron chi connectivity index (χ4n) is 5.28. The molecule has 11 heteroatoms. The summed E-state index contributed by atoms with van der Waals surface area (Å²) in [6.07, 6.45) is 5.34. The number of fused-ring (bicyclic) bond motifs is 1. The summed E-state index contributed by atoms with van der Waals surface area (Å²) in [5.41, 5.74) is 3.89. The van der Waals surface area contributed by atoms with Crippen LogP contribution in [-0.4, -0.2) is 43.3 Å². The van der Waals surface area contributed by atoms with Crippen molar-refractivity contribution >= 4 is 45.5 Å². The van der Waals surface area contributed by atoms with Gasteiger partial charge in [-0.15, -0.1) is 0 Å². The first-order chi connectivity index (χ1) is 22.0. The maximum Gasteiger partial charge on any atom is 0.248 e. The third-order valence-electron chi connectivity index (χ3n) is 7.65. The number of nitriles is 1. The van der Waals surface area contributed by atoms with Crippen LogP contribution in [0.5, 0.6) is 11.5 Å². The first kappa shape index (κ1) is 30.3. The fraction of sp³-hybridized carbons (Fsp3) is 0.265. The van der Waals surface area contributed by atoms with Gasteiger partial charge >= 0.3 is 0 Å². The van der Waals surface area contributed by atoms with Gasteiger partial charge in [-0.05, 0) is 56.3 Å². The molecule has 3 heterocycles. The molecular weight excluding hydrogens is 597 g/mol. The molecule has 3 N–H and O–H groups in total. The van der Waals surface area contributed by atoms with Crippen molar-refractivity contribution in [1.82, 2.24) is 10.3 Å². The van der Waals surface area contributed by atoms with Crippen molar-refractivity contribution in [3.05, 3.63) is 94.4 Å². The number of pyridine rings is 1. The Hall–Kier alpha value is -4.69. The van der Waals surface area contributed by atoms with E-state index in [9.17, 15) is 14.4 Å². The highest BCUT2D eigenvalue weighted by molar-refractivity contribution is 6.32. The van der Waals surface area contributed by atoms with Gasteiger partial charge in [-0.3, -0.25) is 9.78 Å². The second-order valence-corrected chi connectivity index (χ2v) is 11.2. The minimum absolute atomic E-state index is 0.0200. The van der Waals surface area contributed by atoms with E-state index < -0.39 is 0 Å². The molecule has 1 aromatic heterocycles. The van der Waals surface area contributed by atoms with E-state index >= 15 is 0 Å². The first-order valence-electron chi connectivity index (χ1n) is 14.7. The summed E-state index contributed by atoms with van der Waals surface area (Å²) in [4.78, 5) is 17.6. The molecule has 4 aromatic rings. The molecule has 1 amide bonds. The van der Waals surface area contributed by atoms with Crippen LogP contribution in [0.1, 0.15) is 30.4 Å². The molecule has 2 aliphatic rings. The van der Waals surface area contributed by atoms with Crippen LogP contribution in [0.15, 0.2) is 72.4 Å². The lowest BCUT2D eigenvalue weighted by Crippen LogP contribution is -2.24. The molecule has 2 saturated heterocycles. The average Bonchev–Trinajstić information content (AvgIpc) is 3.56. The minimum Gasteiger partial charge on any atom is -0.487 e. The lowest BCUT2D eigenvalue weighted by Gasteiger charge is -2.19. The zero-order valence-corrected chi connectivity index (χ0v) is 25.1. The van der Waals surface area contributed by atoms with Gasteiger partial charge in [-0.25, -0.2) is 4.39 Å². The van der Waals surface area contributed by atoms with E-state index in [-0.39, 0.29) is 24.4 Å². The Bertz CT molecular complexity index is 1790. The van der Waals surface area contributed by atoms with Crippen LogP contribution in [-0.2, 0) is 16.1 Å². The smallest absolute Gasteiger partial charge is 0.248 e. The van der Waals surface area contributed by atoms with Gasteiger partial charge in [0.25, 0.3) is 0 Å². The van der Waals surface area contributed by atoms with E-state index in [4.69, 9.17) is 25.8 Å². The molecule has 2 aliphatic heterocycles. The van der Waals surface area contributed by atoms with E-state index in [1.807, 2.05) is 0 Å². The second kappa shape index (κ2) is 13.9. The number of amides is 1. The second-order valence-electron chi connectivity index (χ2n) is 10.8. The molecule has 9 nitrogen and oxygen atoms in total. The maximum atomic E-state index is 14.0. The minimum atomic E-state index is -0.357. The number of anilines is 3. The number of halogens is 2. The van der Waals surface area contributed by atoms with E-state index in [0.717, 1.165) is 37.9 Å². The molecule has 0 bridgehead atoms. The van der Waals surface area contributed by atoms with Crippen LogP contribution in [0.2, 0.25) is 5.02 Å². The number of aromatic nitrogens is 1. The van der Waals surface area contributed by atoms with E-state index in [0.29, 0.717) is 68.8 Å².